The Hall–Kier alpha value is -1.57. The fourth-order valence-electron chi connectivity index (χ4n) is 3.59. The molecule has 0 saturated carbocycles. The van der Waals surface area contributed by atoms with E-state index in [-0.39, 0.29) is 11.8 Å². The lowest BCUT2D eigenvalue weighted by molar-refractivity contribution is -0.142. The number of nitrogens with zero attached hydrogens (tertiary/aromatic N) is 4. The van der Waals surface area contributed by atoms with Crippen LogP contribution in [0.4, 0.5) is 13.2 Å². The second-order valence-electron chi connectivity index (χ2n) is 6.73. The topological polar surface area (TPSA) is 41.4 Å². The van der Waals surface area contributed by atoms with E-state index in [9.17, 15) is 18.0 Å². The maximum absolute atomic E-state index is 12.5. The first-order valence-electron chi connectivity index (χ1n) is 8.51. The summed E-state index contributed by atoms with van der Waals surface area (Å²) in [7, 11) is 0. The molecule has 1 atom stereocenters. The number of halogens is 3. The van der Waals surface area contributed by atoms with Crippen molar-refractivity contribution >= 4 is 5.91 Å². The molecule has 5 nitrogen and oxygen atoms in total. The minimum Gasteiger partial charge on any atom is -0.342 e. The summed E-state index contributed by atoms with van der Waals surface area (Å²) in [6, 6.07) is 1.62. The number of carbonyl (C=O) groups excluding carboxylic acids is 1. The highest BCUT2D eigenvalue weighted by molar-refractivity contribution is 5.79. The Bertz CT molecular complexity index is 566. The molecule has 0 spiro atoms. The molecule has 0 N–H and O–H groups in total. The van der Waals surface area contributed by atoms with Crippen molar-refractivity contribution in [3.63, 3.8) is 0 Å². The van der Waals surface area contributed by atoms with Crippen molar-refractivity contribution in [2.24, 2.45) is 5.92 Å². The van der Waals surface area contributed by atoms with Gasteiger partial charge >= 0.3 is 6.18 Å². The molecule has 134 valence electrons. The first kappa shape index (κ1) is 17.3. The average Bonchev–Trinajstić information content (AvgIpc) is 3.17. The maximum atomic E-state index is 12.5. The summed E-state index contributed by atoms with van der Waals surface area (Å²) in [4.78, 5) is 16.6. The van der Waals surface area contributed by atoms with Crippen molar-refractivity contribution in [3.8, 4) is 0 Å². The molecule has 1 aromatic heterocycles. The Labute approximate surface area is 139 Å². The molecular weight excluding hydrogens is 321 g/mol. The Balaban J connectivity index is 1.54. The lowest BCUT2D eigenvalue weighted by atomic mass is 9.96. The summed E-state index contributed by atoms with van der Waals surface area (Å²) in [6.07, 6.45) is 1.10. The molecule has 2 fully saturated rings. The first-order valence-corrected chi connectivity index (χ1v) is 8.51. The molecular formula is C16H23F3N4O. The van der Waals surface area contributed by atoms with E-state index in [0.717, 1.165) is 50.0 Å². The molecule has 2 aliphatic heterocycles. The largest absolute Gasteiger partial charge is 0.408 e. The lowest BCUT2D eigenvalue weighted by Gasteiger charge is -2.33. The van der Waals surface area contributed by atoms with Crippen LogP contribution >= 0.6 is 0 Å². The van der Waals surface area contributed by atoms with E-state index >= 15 is 0 Å². The normalized spacial score (nSPS) is 23.0. The predicted molar refractivity (Wildman–Crippen MR) is 82.1 cm³/mol. The van der Waals surface area contributed by atoms with Crippen LogP contribution in [0, 0.1) is 5.92 Å². The fraction of sp³-hybridized carbons (Fsp3) is 0.750. The van der Waals surface area contributed by atoms with Gasteiger partial charge in [0, 0.05) is 32.4 Å². The van der Waals surface area contributed by atoms with Gasteiger partial charge < -0.3 is 4.90 Å². The van der Waals surface area contributed by atoms with Gasteiger partial charge in [0.05, 0.1) is 11.6 Å². The number of likely N-dealkylation sites (tertiary alicyclic amines) is 2. The van der Waals surface area contributed by atoms with Gasteiger partial charge in [0.15, 0.2) is 0 Å². The summed E-state index contributed by atoms with van der Waals surface area (Å²) in [5, 5.41) is 4.00. The van der Waals surface area contributed by atoms with E-state index in [1.54, 1.807) is 6.07 Å². The Morgan fingerprint density at radius 3 is 2.67 bits per heavy atom. The van der Waals surface area contributed by atoms with Crippen LogP contribution in [0.1, 0.15) is 31.4 Å². The molecule has 1 amide bonds. The van der Waals surface area contributed by atoms with Gasteiger partial charge in [0.2, 0.25) is 5.91 Å². The predicted octanol–water partition coefficient (Wildman–Crippen LogP) is 2.28. The van der Waals surface area contributed by atoms with Crippen LogP contribution in [-0.2, 0) is 17.9 Å². The van der Waals surface area contributed by atoms with Gasteiger partial charge in [-0.25, -0.2) is 0 Å². The zero-order chi connectivity index (χ0) is 17.2. The summed E-state index contributed by atoms with van der Waals surface area (Å²) >= 11 is 0. The molecule has 24 heavy (non-hydrogen) atoms. The van der Waals surface area contributed by atoms with Crippen molar-refractivity contribution in [1.29, 1.82) is 0 Å². The molecule has 8 heteroatoms. The number of piperidine rings is 1. The second-order valence-corrected chi connectivity index (χ2v) is 6.73. The highest BCUT2D eigenvalue weighted by Gasteiger charge is 2.31. The van der Waals surface area contributed by atoms with E-state index in [4.69, 9.17) is 0 Å². The van der Waals surface area contributed by atoms with E-state index < -0.39 is 12.7 Å². The molecule has 3 heterocycles. The Kier molecular flexibility index (Phi) is 5.12. The maximum Gasteiger partial charge on any atom is 0.408 e. The van der Waals surface area contributed by atoms with Gasteiger partial charge in [0.25, 0.3) is 0 Å². The van der Waals surface area contributed by atoms with Gasteiger partial charge in [0.1, 0.15) is 6.54 Å². The minimum atomic E-state index is -4.26. The highest BCUT2D eigenvalue weighted by atomic mass is 19.4. The third-order valence-electron chi connectivity index (χ3n) is 4.70. The van der Waals surface area contributed by atoms with Gasteiger partial charge in [-0.2, -0.15) is 18.3 Å². The van der Waals surface area contributed by atoms with Crippen LogP contribution in [0.5, 0.6) is 0 Å². The number of rotatable bonds is 4. The molecule has 3 rings (SSSR count). The highest BCUT2D eigenvalue weighted by Crippen LogP contribution is 2.22. The quantitative estimate of drug-likeness (QED) is 0.841. The molecule has 1 unspecified atom stereocenters. The number of hydrogen-bond donors (Lipinski definition) is 0. The zero-order valence-electron chi connectivity index (χ0n) is 13.6. The molecule has 0 aliphatic carbocycles. The standard InChI is InChI=1S/C16H23F3N4O/c17-16(18,19)12-23-9-5-14(20-23)11-21-6-3-4-13(10-21)15(24)22-7-1-2-8-22/h5,9,13H,1-4,6-8,10-12H2. The first-order chi connectivity index (χ1) is 11.4. The van der Waals surface area contributed by atoms with E-state index in [1.165, 1.54) is 6.20 Å². The SMILES string of the molecule is O=C(C1CCCN(Cc2ccn(CC(F)(F)F)n2)C1)N1CCCC1. The van der Waals surface area contributed by atoms with Crippen molar-refractivity contribution in [2.75, 3.05) is 26.2 Å². The zero-order valence-corrected chi connectivity index (χ0v) is 13.6. The Morgan fingerprint density at radius 2 is 1.96 bits per heavy atom. The number of alkyl halides is 3. The minimum absolute atomic E-state index is 0.00844. The van der Waals surface area contributed by atoms with Gasteiger partial charge in [-0.05, 0) is 38.3 Å². The van der Waals surface area contributed by atoms with E-state index in [0.29, 0.717) is 18.8 Å². The average molecular weight is 344 g/mol. The molecule has 0 bridgehead atoms. The number of carbonyl (C=O) groups is 1. The van der Waals surface area contributed by atoms with Crippen LogP contribution in [0.2, 0.25) is 0 Å². The lowest BCUT2D eigenvalue weighted by Crippen LogP contribution is -2.43. The van der Waals surface area contributed by atoms with Crippen LogP contribution in [0.15, 0.2) is 12.3 Å². The van der Waals surface area contributed by atoms with E-state index in [2.05, 4.69) is 10.00 Å². The number of amides is 1. The molecule has 1 aromatic rings. The summed E-state index contributed by atoms with van der Waals surface area (Å²) in [5.74, 6) is 0.244. The van der Waals surface area contributed by atoms with Crippen LogP contribution < -0.4 is 0 Å². The van der Waals surface area contributed by atoms with Crippen LogP contribution in [0.25, 0.3) is 0 Å². The van der Waals surface area contributed by atoms with Gasteiger partial charge in [-0.1, -0.05) is 0 Å². The Morgan fingerprint density at radius 1 is 1.21 bits per heavy atom. The molecule has 0 aromatic carbocycles. The fourth-order valence-corrected chi connectivity index (χ4v) is 3.59. The summed E-state index contributed by atoms with van der Waals surface area (Å²) < 4.78 is 38.1. The summed E-state index contributed by atoms with van der Waals surface area (Å²) in [5.41, 5.74) is 0.619. The monoisotopic (exact) mass is 344 g/mol. The van der Waals surface area contributed by atoms with Gasteiger partial charge in [-0.15, -0.1) is 0 Å². The second kappa shape index (κ2) is 7.13. The van der Waals surface area contributed by atoms with Crippen LogP contribution in [-0.4, -0.2) is 57.8 Å². The third kappa shape index (κ3) is 4.49. The van der Waals surface area contributed by atoms with Gasteiger partial charge in [-0.3, -0.25) is 14.4 Å². The van der Waals surface area contributed by atoms with Crippen molar-refractivity contribution in [2.45, 2.75) is 44.9 Å². The summed E-state index contributed by atoms with van der Waals surface area (Å²) in [6.45, 7) is 2.67. The third-order valence-corrected chi connectivity index (χ3v) is 4.70. The van der Waals surface area contributed by atoms with Crippen molar-refractivity contribution in [3.05, 3.63) is 18.0 Å². The van der Waals surface area contributed by atoms with Crippen LogP contribution in [0.3, 0.4) is 0 Å². The molecule has 2 saturated heterocycles. The number of hydrogen-bond acceptors (Lipinski definition) is 3. The smallest absolute Gasteiger partial charge is 0.342 e. The van der Waals surface area contributed by atoms with Crippen molar-refractivity contribution in [1.82, 2.24) is 19.6 Å². The molecule has 0 radical (unpaired) electrons. The van der Waals surface area contributed by atoms with Crippen molar-refractivity contribution < 1.29 is 18.0 Å². The van der Waals surface area contributed by atoms with E-state index in [1.807, 2.05) is 4.90 Å². The molecule has 2 aliphatic rings. The number of aromatic nitrogens is 2.